The van der Waals surface area contributed by atoms with Gasteiger partial charge >= 0.3 is 5.97 Å². The van der Waals surface area contributed by atoms with E-state index in [-0.39, 0.29) is 5.78 Å². The number of ketones is 1. The molecular formula is C31H24O3. The van der Waals surface area contributed by atoms with Crippen LogP contribution in [-0.2, 0) is 4.74 Å². The summed E-state index contributed by atoms with van der Waals surface area (Å²) in [5.74, 6) is -0.659. The molecule has 4 aromatic rings. The van der Waals surface area contributed by atoms with Gasteiger partial charge in [0.2, 0.25) is 0 Å². The summed E-state index contributed by atoms with van der Waals surface area (Å²) in [7, 11) is 1.34. The number of carbonyl (C=O) groups excluding carboxylic acids is 2. The summed E-state index contributed by atoms with van der Waals surface area (Å²) in [5, 5.41) is 0. The van der Waals surface area contributed by atoms with Gasteiger partial charge in [0.1, 0.15) is 0 Å². The summed E-state index contributed by atoms with van der Waals surface area (Å²) >= 11 is 0. The monoisotopic (exact) mass is 444 g/mol. The van der Waals surface area contributed by atoms with Crippen molar-refractivity contribution in [3.63, 3.8) is 0 Å². The Morgan fingerprint density at radius 2 is 1.21 bits per heavy atom. The largest absolute Gasteiger partial charge is 0.465 e. The third-order valence-electron chi connectivity index (χ3n) is 5.77. The summed E-state index contributed by atoms with van der Waals surface area (Å²) < 4.78 is 5.02. The van der Waals surface area contributed by atoms with Gasteiger partial charge in [-0.3, -0.25) is 4.79 Å². The Balaban J connectivity index is 1.78. The van der Waals surface area contributed by atoms with Gasteiger partial charge < -0.3 is 4.74 Å². The molecule has 0 saturated carbocycles. The quantitative estimate of drug-likeness (QED) is 0.221. The number of methoxy groups -OCH3 is 1. The van der Waals surface area contributed by atoms with Gasteiger partial charge in [0.15, 0.2) is 5.78 Å². The lowest BCUT2D eigenvalue weighted by atomic mass is 9.91. The maximum Gasteiger partial charge on any atom is 0.338 e. The van der Waals surface area contributed by atoms with Crippen LogP contribution >= 0.6 is 0 Å². The first-order valence-electron chi connectivity index (χ1n) is 10.9. The molecule has 0 heterocycles. The second-order valence-corrected chi connectivity index (χ2v) is 7.78. The summed E-state index contributed by atoms with van der Waals surface area (Å²) in [6, 6.07) is 28.2. The Morgan fingerprint density at radius 3 is 1.74 bits per heavy atom. The molecule has 0 aromatic heterocycles. The lowest BCUT2D eigenvalue weighted by Crippen LogP contribution is -2.09. The molecule has 0 bridgehead atoms. The lowest BCUT2D eigenvalue weighted by molar-refractivity contribution is 0.0601. The van der Waals surface area contributed by atoms with Gasteiger partial charge in [-0.15, -0.1) is 0 Å². The Bertz CT molecular complexity index is 1380. The van der Waals surface area contributed by atoms with Gasteiger partial charge in [-0.1, -0.05) is 110 Å². The van der Waals surface area contributed by atoms with E-state index in [1.807, 2.05) is 66.7 Å². The third-order valence-corrected chi connectivity index (χ3v) is 5.77. The SMILES string of the molecule is C=Cc1ccc(-c2ccc(C(=O)c3ccccc3-c3ccc(C=C)cc3)cc2C(=O)OC)cc1. The van der Waals surface area contributed by atoms with E-state index in [4.69, 9.17) is 4.74 Å². The second-order valence-electron chi connectivity index (χ2n) is 7.78. The molecule has 0 spiro atoms. The van der Waals surface area contributed by atoms with Crippen LogP contribution < -0.4 is 0 Å². The first-order valence-corrected chi connectivity index (χ1v) is 10.9. The van der Waals surface area contributed by atoms with Crippen molar-refractivity contribution in [1.82, 2.24) is 0 Å². The molecule has 3 nitrogen and oxygen atoms in total. The normalized spacial score (nSPS) is 10.4. The first-order chi connectivity index (χ1) is 16.5. The van der Waals surface area contributed by atoms with E-state index in [9.17, 15) is 9.59 Å². The zero-order valence-electron chi connectivity index (χ0n) is 19.0. The van der Waals surface area contributed by atoms with Crippen molar-refractivity contribution in [3.05, 3.63) is 132 Å². The Morgan fingerprint density at radius 1 is 0.676 bits per heavy atom. The minimum Gasteiger partial charge on any atom is -0.465 e. The fraction of sp³-hybridized carbons (Fsp3) is 0.0323. The topological polar surface area (TPSA) is 43.4 Å². The van der Waals surface area contributed by atoms with E-state index in [0.29, 0.717) is 22.3 Å². The van der Waals surface area contributed by atoms with Crippen molar-refractivity contribution in [3.8, 4) is 22.3 Å². The molecule has 0 aliphatic carbocycles. The molecule has 4 rings (SSSR count). The van der Waals surface area contributed by atoms with Crippen LogP contribution in [0.25, 0.3) is 34.4 Å². The fourth-order valence-corrected chi connectivity index (χ4v) is 3.90. The van der Waals surface area contributed by atoms with E-state index < -0.39 is 5.97 Å². The predicted molar refractivity (Wildman–Crippen MR) is 139 cm³/mol. The molecule has 0 aliphatic rings. The summed E-state index contributed by atoms with van der Waals surface area (Å²) in [6.07, 6.45) is 3.54. The molecular weight excluding hydrogens is 420 g/mol. The molecule has 34 heavy (non-hydrogen) atoms. The number of rotatable bonds is 7. The molecule has 0 fully saturated rings. The highest BCUT2D eigenvalue weighted by atomic mass is 16.5. The smallest absolute Gasteiger partial charge is 0.338 e. The van der Waals surface area contributed by atoms with Crippen LogP contribution in [0.2, 0.25) is 0 Å². The number of benzene rings is 4. The van der Waals surface area contributed by atoms with Crippen molar-refractivity contribution in [2.75, 3.05) is 7.11 Å². The predicted octanol–water partition coefficient (Wildman–Crippen LogP) is 7.32. The van der Waals surface area contributed by atoms with Gasteiger partial charge in [0, 0.05) is 11.1 Å². The highest BCUT2D eigenvalue weighted by Crippen LogP contribution is 2.30. The third kappa shape index (κ3) is 4.50. The molecule has 0 aliphatic heterocycles. The van der Waals surface area contributed by atoms with Gasteiger partial charge in [0.05, 0.1) is 12.7 Å². The number of hydrogen-bond donors (Lipinski definition) is 0. The maximum absolute atomic E-state index is 13.6. The average Bonchev–Trinajstić information content (AvgIpc) is 2.92. The number of carbonyl (C=O) groups is 2. The minimum absolute atomic E-state index is 0.165. The van der Waals surface area contributed by atoms with Crippen LogP contribution in [0.3, 0.4) is 0 Å². The van der Waals surface area contributed by atoms with E-state index in [1.165, 1.54) is 7.11 Å². The van der Waals surface area contributed by atoms with Crippen molar-refractivity contribution >= 4 is 23.9 Å². The Hall–Kier alpha value is -4.50. The van der Waals surface area contributed by atoms with Gasteiger partial charge in [-0.2, -0.15) is 0 Å². The number of ether oxygens (including phenoxy) is 1. The highest BCUT2D eigenvalue weighted by Gasteiger charge is 2.20. The molecule has 0 amide bonds. The van der Waals surface area contributed by atoms with Crippen LogP contribution in [-0.4, -0.2) is 18.9 Å². The van der Waals surface area contributed by atoms with E-state index in [2.05, 4.69) is 13.2 Å². The first kappa shape index (κ1) is 22.7. The maximum atomic E-state index is 13.6. The summed E-state index contributed by atoms with van der Waals surface area (Å²) in [5.41, 5.74) is 6.62. The fourth-order valence-electron chi connectivity index (χ4n) is 3.90. The van der Waals surface area contributed by atoms with Crippen molar-refractivity contribution in [2.24, 2.45) is 0 Å². The van der Waals surface area contributed by atoms with Crippen LogP contribution in [0.5, 0.6) is 0 Å². The zero-order chi connectivity index (χ0) is 24.1. The molecule has 0 N–H and O–H groups in total. The molecule has 0 atom stereocenters. The summed E-state index contributed by atoms with van der Waals surface area (Å²) in [4.78, 5) is 26.2. The van der Waals surface area contributed by atoms with Crippen LogP contribution in [0, 0.1) is 0 Å². The molecule has 0 unspecified atom stereocenters. The van der Waals surface area contributed by atoms with Gasteiger partial charge in [-0.25, -0.2) is 4.79 Å². The van der Waals surface area contributed by atoms with Crippen molar-refractivity contribution in [1.29, 1.82) is 0 Å². The van der Waals surface area contributed by atoms with Crippen LogP contribution in [0.1, 0.15) is 37.4 Å². The number of esters is 1. The molecule has 166 valence electrons. The van der Waals surface area contributed by atoms with E-state index in [1.54, 1.807) is 36.4 Å². The van der Waals surface area contributed by atoms with Crippen LogP contribution in [0.4, 0.5) is 0 Å². The lowest BCUT2D eigenvalue weighted by Gasteiger charge is -2.13. The minimum atomic E-state index is -0.495. The Kier molecular flexibility index (Phi) is 6.65. The Labute approximate surface area is 199 Å². The summed E-state index contributed by atoms with van der Waals surface area (Å²) in [6.45, 7) is 7.56. The van der Waals surface area contributed by atoms with Crippen molar-refractivity contribution < 1.29 is 14.3 Å². The highest BCUT2D eigenvalue weighted by molar-refractivity contribution is 6.14. The van der Waals surface area contributed by atoms with Gasteiger partial charge in [0.25, 0.3) is 0 Å². The van der Waals surface area contributed by atoms with Crippen LogP contribution in [0.15, 0.2) is 104 Å². The molecule has 0 saturated heterocycles. The molecule has 3 heteroatoms. The number of hydrogen-bond acceptors (Lipinski definition) is 3. The standard InChI is InChI=1S/C31H24O3/c1-4-21-10-14-23(15-11-21)26-8-6-7-9-28(26)30(32)25-18-19-27(29(20-25)31(33)34-3)24-16-12-22(5-2)13-17-24/h4-20H,1-2H2,3H3. The zero-order valence-corrected chi connectivity index (χ0v) is 19.0. The van der Waals surface area contributed by atoms with E-state index >= 15 is 0 Å². The average molecular weight is 445 g/mol. The van der Waals surface area contributed by atoms with E-state index in [0.717, 1.165) is 27.8 Å². The van der Waals surface area contributed by atoms with Crippen molar-refractivity contribution in [2.45, 2.75) is 0 Å². The van der Waals surface area contributed by atoms with Gasteiger partial charge in [-0.05, 0) is 39.4 Å². The molecule has 4 aromatic carbocycles. The second kappa shape index (κ2) is 9.97. The molecule has 0 radical (unpaired) electrons.